The van der Waals surface area contributed by atoms with Crippen LogP contribution in [-0.4, -0.2) is 44.1 Å². The molecule has 4 nitrogen and oxygen atoms in total. The molecule has 23 heavy (non-hydrogen) atoms. The third kappa shape index (κ3) is 5.54. The van der Waals surface area contributed by atoms with Gasteiger partial charge in [0.2, 0.25) is 0 Å². The maximum atomic E-state index is 12.3. The monoisotopic (exact) mass is 318 g/mol. The summed E-state index contributed by atoms with van der Waals surface area (Å²) >= 11 is 0. The number of fused-ring (bicyclic) bond motifs is 1. The third-order valence-electron chi connectivity index (χ3n) is 4.34. The van der Waals surface area contributed by atoms with Gasteiger partial charge in [0, 0.05) is 6.54 Å². The van der Waals surface area contributed by atoms with Crippen molar-refractivity contribution in [3.8, 4) is 5.75 Å². The molecule has 0 spiro atoms. The molecule has 0 heterocycles. The zero-order chi connectivity index (χ0) is 16.7. The van der Waals surface area contributed by atoms with E-state index in [0.29, 0.717) is 13.0 Å². The predicted octanol–water partition coefficient (Wildman–Crippen LogP) is 2.79. The second-order valence-corrected chi connectivity index (χ2v) is 6.60. The number of hydrogen-bond acceptors (Lipinski definition) is 3. The van der Waals surface area contributed by atoms with Crippen molar-refractivity contribution in [2.24, 2.45) is 0 Å². The Morgan fingerprint density at radius 1 is 1.26 bits per heavy atom. The van der Waals surface area contributed by atoms with Crippen LogP contribution in [-0.2, 0) is 17.6 Å². The Morgan fingerprint density at radius 3 is 2.70 bits per heavy atom. The molecule has 0 radical (unpaired) electrons. The van der Waals surface area contributed by atoms with Crippen LogP contribution in [0.15, 0.2) is 18.2 Å². The molecule has 1 N–H and O–H groups in total. The molecule has 1 aromatic rings. The highest BCUT2D eigenvalue weighted by atomic mass is 16.5. The Kier molecular flexibility index (Phi) is 6.90. The summed E-state index contributed by atoms with van der Waals surface area (Å²) in [6.45, 7) is 3.66. The van der Waals surface area contributed by atoms with E-state index in [9.17, 15) is 4.79 Å². The lowest BCUT2D eigenvalue weighted by molar-refractivity contribution is -0.128. The number of benzene rings is 1. The molecule has 0 saturated carbocycles. The molecule has 1 aromatic carbocycles. The van der Waals surface area contributed by atoms with Crippen LogP contribution in [0.25, 0.3) is 0 Å². The largest absolute Gasteiger partial charge is 0.481 e. The zero-order valence-corrected chi connectivity index (χ0v) is 14.7. The molecule has 1 amide bonds. The van der Waals surface area contributed by atoms with Crippen molar-refractivity contribution in [3.63, 3.8) is 0 Å². The summed E-state index contributed by atoms with van der Waals surface area (Å²) < 4.78 is 5.95. The molecule has 0 aromatic heterocycles. The van der Waals surface area contributed by atoms with Crippen molar-refractivity contribution in [1.82, 2.24) is 10.2 Å². The van der Waals surface area contributed by atoms with Gasteiger partial charge in [0.05, 0.1) is 0 Å². The highest BCUT2D eigenvalue weighted by molar-refractivity contribution is 5.81. The molecule has 1 aliphatic carbocycles. The minimum atomic E-state index is -0.406. The maximum Gasteiger partial charge on any atom is 0.261 e. The first-order valence-corrected chi connectivity index (χ1v) is 8.81. The van der Waals surface area contributed by atoms with Crippen LogP contribution in [0.4, 0.5) is 0 Å². The van der Waals surface area contributed by atoms with Gasteiger partial charge in [-0.15, -0.1) is 0 Å². The normalized spacial score (nSPS) is 15.1. The van der Waals surface area contributed by atoms with E-state index >= 15 is 0 Å². The van der Waals surface area contributed by atoms with Crippen molar-refractivity contribution in [2.45, 2.75) is 51.6 Å². The average molecular weight is 318 g/mol. The Labute approximate surface area is 140 Å². The van der Waals surface area contributed by atoms with Gasteiger partial charge in [-0.1, -0.05) is 13.0 Å². The second kappa shape index (κ2) is 8.92. The minimum Gasteiger partial charge on any atom is -0.481 e. The molecule has 128 valence electrons. The smallest absolute Gasteiger partial charge is 0.261 e. The van der Waals surface area contributed by atoms with Gasteiger partial charge in [0.15, 0.2) is 6.10 Å². The first-order chi connectivity index (χ1) is 11.1. The standard InChI is InChI=1S/C19H30N2O2/c1-4-18(19(22)20-12-7-13-21(2)3)23-17-11-10-15-8-5-6-9-16(15)14-17/h10-11,14,18H,4-9,12-13H2,1-3H3,(H,20,22)/t18-/m1/s1. The molecule has 2 rings (SSSR count). The number of amides is 1. The SMILES string of the molecule is CC[C@@H](Oc1ccc2c(c1)CCCC2)C(=O)NCCCN(C)C. The van der Waals surface area contributed by atoms with Crippen molar-refractivity contribution in [2.75, 3.05) is 27.2 Å². The van der Waals surface area contributed by atoms with Gasteiger partial charge in [-0.05, 0) is 82.4 Å². The minimum absolute atomic E-state index is 0.0102. The van der Waals surface area contributed by atoms with Gasteiger partial charge in [0.25, 0.3) is 5.91 Å². The fourth-order valence-corrected chi connectivity index (χ4v) is 2.99. The van der Waals surface area contributed by atoms with Crippen LogP contribution < -0.4 is 10.1 Å². The number of nitrogens with one attached hydrogen (secondary N) is 1. The summed E-state index contributed by atoms with van der Waals surface area (Å²) in [5.74, 6) is 0.810. The summed E-state index contributed by atoms with van der Waals surface area (Å²) in [6, 6.07) is 6.29. The highest BCUT2D eigenvalue weighted by Crippen LogP contribution is 2.26. The van der Waals surface area contributed by atoms with Crippen molar-refractivity contribution in [1.29, 1.82) is 0 Å². The lowest BCUT2D eigenvalue weighted by Crippen LogP contribution is -2.39. The molecule has 0 bridgehead atoms. The van der Waals surface area contributed by atoms with Crippen molar-refractivity contribution in [3.05, 3.63) is 29.3 Å². The number of ether oxygens (including phenoxy) is 1. The van der Waals surface area contributed by atoms with Crippen LogP contribution in [0.3, 0.4) is 0 Å². The molecule has 1 aliphatic rings. The van der Waals surface area contributed by atoms with Gasteiger partial charge < -0.3 is 15.0 Å². The van der Waals surface area contributed by atoms with Crippen LogP contribution in [0.2, 0.25) is 0 Å². The van der Waals surface area contributed by atoms with Gasteiger partial charge in [0.1, 0.15) is 5.75 Å². The van der Waals surface area contributed by atoms with E-state index in [1.54, 1.807) is 0 Å². The number of carbonyl (C=O) groups excluding carboxylic acids is 1. The molecule has 0 unspecified atom stereocenters. The van der Waals surface area contributed by atoms with Crippen LogP contribution in [0.1, 0.15) is 43.7 Å². The number of rotatable bonds is 8. The number of carbonyl (C=O) groups is 1. The number of hydrogen-bond donors (Lipinski definition) is 1. The lowest BCUT2D eigenvalue weighted by atomic mass is 9.92. The third-order valence-corrected chi connectivity index (χ3v) is 4.34. The number of aryl methyl sites for hydroxylation is 2. The Hall–Kier alpha value is -1.55. The van der Waals surface area contributed by atoms with Gasteiger partial charge in [-0.2, -0.15) is 0 Å². The molecule has 4 heteroatoms. The Morgan fingerprint density at radius 2 is 2.00 bits per heavy atom. The Bertz CT molecular complexity index is 514. The molecule has 0 fully saturated rings. The second-order valence-electron chi connectivity index (χ2n) is 6.60. The molecule has 1 atom stereocenters. The summed E-state index contributed by atoms with van der Waals surface area (Å²) in [5.41, 5.74) is 2.82. The Balaban J connectivity index is 1.87. The molecular formula is C19H30N2O2. The van der Waals surface area contributed by atoms with E-state index in [-0.39, 0.29) is 5.91 Å². The molecule has 0 saturated heterocycles. The van der Waals surface area contributed by atoms with Gasteiger partial charge in [-0.3, -0.25) is 4.79 Å². The van der Waals surface area contributed by atoms with E-state index in [2.05, 4.69) is 22.3 Å². The quantitative estimate of drug-likeness (QED) is 0.750. The molecule has 0 aliphatic heterocycles. The van der Waals surface area contributed by atoms with Crippen molar-refractivity contribution < 1.29 is 9.53 Å². The topological polar surface area (TPSA) is 41.6 Å². The van der Waals surface area contributed by atoms with E-state index in [1.165, 1.54) is 30.4 Å². The van der Waals surface area contributed by atoms with Crippen molar-refractivity contribution >= 4 is 5.91 Å². The summed E-state index contributed by atoms with van der Waals surface area (Å²) in [7, 11) is 4.08. The summed E-state index contributed by atoms with van der Waals surface area (Å²) in [4.78, 5) is 14.4. The van der Waals surface area contributed by atoms with Gasteiger partial charge in [-0.25, -0.2) is 0 Å². The van der Waals surface area contributed by atoms with E-state index in [1.807, 2.05) is 27.1 Å². The summed E-state index contributed by atoms with van der Waals surface area (Å²) in [5, 5.41) is 2.98. The maximum absolute atomic E-state index is 12.3. The van der Waals surface area contributed by atoms with Gasteiger partial charge >= 0.3 is 0 Å². The zero-order valence-electron chi connectivity index (χ0n) is 14.7. The highest BCUT2D eigenvalue weighted by Gasteiger charge is 2.19. The predicted molar refractivity (Wildman–Crippen MR) is 94.0 cm³/mol. The first-order valence-electron chi connectivity index (χ1n) is 8.81. The van der Waals surface area contributed by atoms with Crippen LogP contribution in [0, 0.1) is 0 Å². The van der Waals surface area contributed by atoms with E-state index < -0.39 is 6.10 Å². The van der Waals surface area contributed by atoms with E-state index in [0.717, 1.165) is 25.1 Å². The van der Waals surface area contributed by atoms with E-state index in [4.69, 9.17) is 4.74 Å². The summed E-state index contributed by atoms with van der Waals surface area (Å²) in [6.07, 6.45) is 6.04. The van der Waals surface area contributed by atoms with Crippen LogP contribution in [0.5, 0.6) is 5.75 Å². The lowest BCUT2D eigenvalue weighted by Gasteiger charge is -2.20. The fraction of sp³-hybridized carbons (Fsp3) is 0.632. The van der Waals surface area contributed by atoms with Crippen LogP contribution >= 0.6 is 0 Å². The number of nitrogens with zero attached hydrogens (tertiary/aromatic N) is 1. The first kappa shape index (κ1) is 17.8. The average Bonchev–Trinajstić information content (AvgIpc) is 2.56. The molecular weight excluding hydrogens is 288 g/mol. The fourth-order valence-electron chi connectivity index (χ4n) is 2.99.